The van der Waals surface area contributed by atoms with Crippen LogP contribution >= 0.6 is 34.2 Å². The zero-order valence-corrected chi connectivity index (χ0v) is 18.1. The van der Waals surface area contributed by atoms with Crippen LogP contribution in [0.4, 0.5) is 11.4 Å². The third kappa shape index (κ3) is 5.81. The van der Waals surface area contributed by atoms with Crippen molar-refractivity contribution in [3.8, 4) is 0 Å². The number of hydrogen-bond donors (Lipinski definition) is 2. The molecule has 0 aliphatic carbocycles. The molecule has 1 heterocycles. The number of nitrogens with one attached hydrogen (secondary N) is 2. The van der Waals surface area contributed by atoms with Crippen LogP contribution in [0.3, 0.4) is 0 Å². The van der Waals surface area contributed by atoms with Crippen molar-refractivity contribution in [2.75, 3.05) is 44.7 Å². The first-order valence-corrected chi connectivity index (χ1v) is 10.4. The van der Waals surface area contributed by atoms with Crippen LogP contribution in [0.25, 0.3) is 0 Å². The maximum atomic E-state index is 12.7. The molecule has 3 rings (SSSR count). The van der Waals surface area contributed by atoms with Crippen LogP contribution in [-0.2, 0) is 4.74 Å². The van der Waals surface area contributed by atoms with Crippen LogP contribution in [0.1, 0.15) is 15.9 Å². The first kappa shape index (κ1) is 20.4. The minimum absolute atomic E-state index is 0.128. The number of rotatable bonds is 6. The molecule has 1 aliphatic rings. The number of aryl methyl sites for hydroxylation is 1. The van der Waals surface area contributed by atoms with Gasteiger partial charge in [-0.2, -0.15) is 0 Å². The van der Waals surface area contributed by atoms with Crippen LogP contribution in [0, 0.1) is 10.5 Å². The molecule has 0 saturated carbocycles. The van der Waals surface area contributed by atoms with Gasteiger partial charge in [0.15, 0.2) is 0 Å². The Hall–Kier alpha value is -1.35. The van der Waals surface area contributed by atoms with Crippen molar-refractivity contribution >= 4 is 51.5 Å². The van der Waals surface area contributed by atoms with Crippen molar-refractivity contribution in [2.24, 2.45) is 0 Å². The Labute approximate surface area is 178 Å². The summed E-state index contributed by atoms with van der Waals surface area (Å²) in [5.74, 6) is -0.128. The van der Waals surface area contributed by atoms with Crippen LogP contribution in [-0.4, -0.2) is 50.2 Å². The van der Waals surface area contributed by atoms with Crippen molar-refractivity contribution < 1.29 is 9.53 Å². The van der Waals surface area contributed by atoms with E-state index >= 15 is 0 Å². The Morgan fingerprint density at radius 1 is 1.19 bits per heavy atom. The Bertz CT molecular complexity index is 810. The monoisotopic (exact) mass is 499 g/mol. The van der Waals surface area contributed by atoms with Gasteiger partial charge in [-0.1, -0.05) is 11.6 Å². The Kier molecular flexibility index (Phi) is 7.34. The number of anilines is 2. The average molecular weight is 500 g/mol. The Morgan fingerprint density at radius 2 is 1.93 bits per heavy atom. The van der Waals surface area contributed by atoms with Crippen LogP contribution in [0.2, 0.25) is 5.02 Å². The van der Waals surface area contributed by atoms with Gasteiger partial charge in [0.2, 0.25) is 0 Å². The molecule has 2 aromatic carbocycles. The molecule has 1 amide bonds. The summed E-state index contributed by atoms with van der Waals surface area (Å²) in [6.45, 7) is 6.78. The number of halogens is 2. The van der Waals surface area contributed by atoms with E-state index in [0.29, 0.717) is 17.1 Å². The van der Waals surface area contributed by atoms with Crippen LogP contribution in [0.5, 0.6) is 0 Å². The first-order valence-electron chi connectivity index (χ1n) is 8.94. The van der Waals surface area contributed by atoms with Crippen molar-refractivity contribution in [2.45, 2.75) is 6.92 Å². The number of benzene rings is 2. The van der Waals surface area contributed by atoms with Crippen molar-refractivity contribution in [1.29, 1.82) is 0 Å². The summed E-state index contributed by atoms with van der Waals surface area (Å²) in [6, 6.07) is 11.5. The van der Waals surface area contributed by atoms with Gasteiger partial charge in [0.05, 0.1) is 24.5 Å². The first-order chi connectivity index (χ1) is 13.0. The summed E-state index contributed by atoms with van der Waals surface area (Å²) in [7, 11) is 0. The van der Waals surface area contributed by atoms with Gasteiger partial charge in [-0.3, -0.25) is 9.69 Å². The fraction of sp³-hybridized carbons (Fsp3) is 0.350. The number of morpholine rings is 1. The standard InChI is InChI=1S/C20H23ClIN3O2/c1-14-12-16(22)3-5-18(14)24-19-4-2-15(21)13-17(19)20(26)23-6-7-25-8-10-27-11-9-25/h2-5,12-13,24H,6-11H2,1H3,(H,23,26). The van der Waals surface area contributed by atoms with Crippen molar-refractivity contribution in [3.05, 3.63) is 56.1 Å². The molecule has 144 valence electrons. The summed E-state index contributed by atoms with van der Waals surface area (Å²) >= 11 is 8.43. The van der Waals surface area contributed by atoms with Gasteiger partial charge in [0, 0.05) is 40.5 Å². The molecule has 0 atom stereocenters. The summed E-state index contributed by atoms with van der Waals surface area (Å²) in [6.07, 6.45) is 0. The number of amides is 1. The van der Waals surface area contributed by atoms with Crippen LogP contribution in [0.15, 0.2) is 36.4 Å². The second-order valence-electron chi connectivity index (χ2n) is 6.48. The molecule has 7 heteroatoms. The third-order valence-electron chi connectivity index (χ3n) is 4.50. The molecule has 1 fully saturated rings. The summed E-state index contributed by atoms with van der Waals surface area (Å²) < 4.78 is 6.52. The molecule has 0 spiro atoms. The van der Waals surface area contributed by atoms with Gasteiger partial charge >= 0.3 is 0 Å². The number of nitrogens with zero attached hydrogens (tertiary/aromatic N) is 1. The van der Waals surface area contributed by atoms with Crippen LogP contribution < -0.4 is 10.6 Å². The highest BCUT2D eigenvalue weighted by molar-refractivity contribution is 14.1. The summed E-state index contributed by atoms with van der Waals surface area (Å²) in [5.41, 5.74) is 3.38. The number of carbonyl (C=O) groups is 1. The fourth-order valence-corrected chi connectivity index (χ4v) is 3.79. The van der Waals surface area contributed by atoms with E-state index in [2.05, 4.69) is 44.2 Å². The van der Waals surface area contributed by atoms with E-state index in [4.69, 9.17) is 16.3 Å². The van der Waals surface area contributed by atoms with Gasteiger partial charge < -0.3 is 15.4 Å². The quantitative estimate of drug-likeness (QED) is 0.589. The molecule has 5 nitrogen and oxygen atoms in total. The van der Waals surface area contributed by atoms with E-state index in [1.165, 1.54) is 3.57 Å². The summed E-state index contributed by atoms with van der Waals surface area (Å²) in [4.78, 5) is 15.0. The largest absolute Gasteiger partial charge is 0.379 e. The van der Waals surface area contributed by atoms with Crippen molar-refractivity contribution in [1.82, 2.24) is 10.2 Å². The molecule has 0 bridgehead atoms. The SMILES string of the molecule is Cc1cc(I)ccc1Nc1ccc(Cl)cc1C(=O)NCCN1CCOCC1. The topological polar surface area (TPSA) is 53.6 Å². The number of carbonyl (C=O) groups excluding carboxylic acids is 1. The van der Waals surface area contributed by atoms with Gasteiger partial charge in [0.25, 0.3) is 5.91 Å². The minimum Gasteiger partial charge on any atom is -0.379 e. The maximum absolute atomic E-state index is 12.7. The zero-order chi connectivity index (χ0) is 19.2. The lowest BCUT2D eigenvalue weighted by atomic mass is 10.1. The lowest BCUT2D eigenvalue weighted by Crippen LogP contribution is -2.41. The molecule has 1 saturated heterocycles. The fourth-order valence-electron chi connectivity index (χ4n) is 2.97. The highest BCUT2D eigenvalue weighted by Gasteiger charge is 2.15. The third-order valence-corrected chi connectivity index (χ3v) is 5.41. The number of hydrogen-bond acceptors (Lipinski definition) is 4. The molecule has 2 N–H and O–H groups in total. The molecular weight excluding hydrogens is 477 g/mol. The Balaban J connectivity index is 1.68. The molecular formula is C20H23ClIN3O2. The molecule has 27 heavy (non-hydrogen) atoms. The van der Waals surface area contributed by atoms with Gasteiger partial charge in [0.1, 0.15) is 0 Å². The van der Waals surface area contributed by atoms with Crippen molar-refractivity contribution in [3.63, 3.8) is 0 Å². The van der Waals surface area contributed by atoms with Gasteiger partial charge in [-0.15, -0.1) is 0 Å². The van der Waals surface area contributed by atoms with Gasteiger partial charge in [-0.25, -0.2) is 0 Å². The second-order valence-corrected chi connectivity index (χ2v) is 8.17. The highest BCUT2D eigenvalue weighted by atomic mass is 127. The molecule has 2 aromatic rings. The maximum Gasteiger partial charge on any atom is 0.253 e. The predicted octanol–water partition coefficient (Wildman–Crippen LogP) is 4.06. The normalized spacial score (nSPS) is 14.8. The number of ether oxygens (including phenoxy) is 1. The highest BCUT2D eigenvalue weighted by Crippen LogP contribution is 2.27. The molecule has 0 unspecified atom stereocenters. The smallest absolute Gasteiger partial charge is 0.253 e. The molecule has 0 radical (unpaired) electrons. The van der Waals surface area contributed by atoms with E-state index in [0.717, 1.165) is 49.8 Å². The zero-order valence-electron chi connectivity index (χ0n) is 15.2. The van der Waals surface area contributed by atoms with E-state index < -0.39 is 0 Å². The second kappa shape index (κ2) is 9.73. The Morgan fingerprint density at radius 3 is 2.67 bits per heavy atom. The van der Waals surface area contributed by atoms with E-state index in [1.54, 1.807) is 12.1 Å². The van der Waals surface area contributed by atoms with E-state index in [1.807, 2.05) is 25.1 Å². The molecule has 1 aliphatic heterocycles. The van der Waals surface area contributed by atoms with Gasteiger partial charge in [-0.05, 0) is 71.5 Å². The lowest BCUT2D eigenvalue weighted by Gasteiger charge is -2.26. The minimum atomic E-state index is -0.128. The summed E-state index contributed by atoms with van der Waals surface area (Å²) in [5, 5.41) is 6.91. The average Bonchev–Trinajstić information content (AvgIpc) is 2.66. The van der Waals surface area contributed by atoms with E-state index in [-0.39, 0.29) is 5.91 Å². The lowest BCUT2D eigenvalue weighted by molar-refractivity contribution is 0.0383. The van der Waals surface area contributed by atoms with E-state index in [9.17, 15) is 4.79 Å². The molecule has 0 aromatic heterocycles. The predicted molar refractivity (Wildman–Crippen MR) is 118 cm³/mol.